The molecule has 0 spiro atoms. The number of guanidine groups is 1. The Morgan fingerprint density at radius 1 is 1.46 bits per heavy atom. The first-order valence-corrected chi connectivity index (χ1v) is 8.27. The zero-order valence-electron chi connectivity index (χ0n) is 15.2. The summed E-state index contributed by atoms with van der Waals surface area (Å²) >= 11 is 0. The Morgan fingerprint density at radius 2 is 2.25 bits per heavy atom. The highest BCUT2D eigenvalue weighted by Crippen LogP contribution is 2.19. The zero-order chi connectivity index (χ0) is 16.7. The molecule has 1 N–H and O–H groups in total. The lowest BCUT2D eigenvalue weighted by Crippen LogP contribution is -2.42. The van der Waals surface area contributed by atoms with Crippen LogP contribution in [0.15, 0.2) is 23.2 Å². The Kier molecular flexibility index (Phi) is 9.43. The quantitative estimate of drug-likeness (QED) is 0.414. The van der Waals surface area contributed by atoms with Gasteiger partial charge in [0.1, 0.15) is 5.75 Å². The van der Waals surface area contributed by atoms with Crippen molar-refractivity contribution < 1.29 is 9.47 Å². The van der Waals surface area contributed by atoms with Gasteiger partial charge < -0.3 is 19.7 Å². The van der Waals surface area contributed by atoms with E-state index in [0.717, 1.165) is 50.9 Å². The van der Waals surface area contributed by atoms with Crippen molar-refractivity contribution in [1.82, 2.24) is 10.2 Å². The van der Waals surface area contributed by atoms with Gasteiger partial charge in [-0.3, -0.25) is 4.99 Å². The maximum Gasteiger partial charge on any atom is 0.193 e. The van der Waals surface area contributed by atoms with Crippen LogP contribution >= 0.6 is 24.0 Å². The number of rotatable bonds is 6. The van der Waals surface area contributed by atoms with Crippen molar-refractivity contribution in [3.05, 3.63) is 29.3 Å². The van der Waals surface area contributed by atoms with E-state index >= 15 is 0 Å². The van der Waals surface area contributed by atoms with Crippen LogP contribution in [-0.4, -0.2) is 58.4 Å². The molecule has 1 fully saturated rings. The number of nitrogens with one attached hydrogen (secondary N) is 1. The first-order chi connectivity index (χ1) is 11.1. The van der Waals surface area contributed by atoms with Gasteiger partial charge in [0.2, 0.25) is 0 Å². The molecule has 1 aromatic rings. The van der Waals surface area contributed by atoms with Crippen LogP contribution in [0.4, 0.5) is 0 Å². The summed E-state index contributed by atoms with van der Waals surface area (Å²) < 4.78 is 10.8. The van der Waals surface area contributed by atoms with Crippen LogP contribution in [0.3, 0.4) is 0 Å². The average Bonchev–Trinajstić information content (AvgIpc) is 3.05. The SMILES string of the molecule is CN=C(NCCc1ccc(C)c(OC)c1)N(C)CC1CCOC1.I. The van der Waals surface area contributed by atoms with E-state index in [1.165, 1.54) is 11.1 Å². The number of ether oxygens (including phenoxy) is 2. The van der Waals surface area contributed by atoms with Crippen LogP contribution in [0.5, 0.6) is 5.75 Å². The summed E-state index contributed by atoms with van der Waals surface area (Å²) in [6.45, 7) is 5.65. The Morgan fingerprint density at radius 3 is 2.88 bits per heavy atom. The van der Waals surface area contributed by atoms with E-state index in [1.807, 2.05) is 7.05 Å². The summed E-state index contributed by atoms with van der Waals surface area (Å²) in [5.74, 6) is 2.50. The lowest BCUT2D eigenvalue weighted by atomic mass is 10.1. The standard InChI is InChI=1S/C18H29N3O2.HI/c1-14-5-6-15(11-17(14)22-4)7-9-20-18(19-2)21(3)12-16-8-10-23-13-16;/h5-6,11,16H,7-10,12-13H2,1-4H3,(H,19,20);1H. The highest BCUT2D eigenvalue weighted by Gasteiger charge is 2.18. The second-order valence-corrected chi connectivity index (χ2v) is 6.14. The molecule has 5 nitrogen and oxygen atoms in total. The van der Waals surface area contributed by atoms with Crippen LogP contribution in [0, 0.1) is 12.8 Å². The van der Waals surface area contributed by atoms with Gasteiger partial charge in [0.05, 0.1) is 13.7 Å². The molecule has 0 radical (unpaired) electrons. The van der Waals surface area contributed by atoms with Crippen molar-refractivity contribution in [2.45, 2.75) is 19.8 Å². The number of hydrogen-bond donors (Lipinski definition) is 1. The molecule has 136 valence electrons. The lowest BCUT2D eigenvalue weighted by molar-refractivity contribution is 0.181. The van der Waals surface area contributed by atoms with E-state index in [4.69, 9.17) is 9.47 Å². The maximum absolute atomic E-state index is 5.44. The fraction of sp³-hybridized carbons (Fsp3) is 0.611. The normalized spacial score (nSPS) is 17.3. The first kappa shape index (κ1) is 21.0. The van der Waals surface area contributed by atoms with Gasteiger partial charge in [0.15, 0.2) is 5.96 Å². The molecule has 1 aromatic carbocycles. The first-order valence-electron chi connectivity index (χ1n) is 8.27. The predicted molar refractivity (Wildman–Crippen MR) is 110 cm³/mol. The Labute approximate surface area is 162 Å². The second-order valence-electron chi connectivity index (χ2n) is 6.14. The Bertz CT molecular complexity index is 531. The van der Waals surface area contributed by atoms with Crippen molar-refractivity contribution in [1.29, 1.82) is 0 Å². The highest BCUT2D eigenvalue weighted by molar-refractivity contribution is 14.0. The van der Waals surface area contributed by atoms with Crippen molar-refractivity contribution >= 4 is 29.9 Å². The number of benzene rings is 1. The lowest BCUT2D eigenvalue weighted by Gasteiger charge is -2.24. The predicted octanol–water partition coefficient (Wildman–Crippen LogP) is 2.71. The van der Waals surface area contributed by atoms with Gasteiger partial charge in [-0.2, -0.15) is 0 Å². The molecule has 2 rings (SSSR count). The summed E-state index contributed by atoms with van der Waals surface area (Å²) in [7, 11) is 5.63. The zero-order valence-corrected chi connectivity index (χ0v) is 17.5. The molecule has 0 aromatic heterocycles. The molecule has 1 aliphatic heterocycles. The van der Waals surface area contributed by atoms with E-state index < -0.39 is 0 Å². The number of aryl methyl sites for hydroxylation is 1. The van der Waals surface area contributed by atoms with Crippen molar-refractivity contribution in [2.24, 2.45) is 10.9 Å². The minimum absolute atomic E-state index is 0. The summed E-state index contributed by atoms with van der Waals surface area (Å²) in [6, 6.07) is 6.37. The van der Waals surface area contributed by atoms with Gasteiger partial charge in [0.25, 0.3) is 0 Å². The molecule has 1 unspecified atom stereocenters. The largest absolute Gasteiger partial charge is 0.496 e. The third-order valence-corrected chi connectivity index (χ3v) is 4.30. The average molecular weight is 447 g/mol. The van der Waals surface area contributed by atoms with Gasteiger partial charge in [-0.25, -0.2) is 0 Å². The number of aliphatic imine (C=N–C) groups is 1. The summed E-state index contributed by atoms with van der Waals surface area (Å²) in [5.41, 5.74) is 2.43. The molecular formula is C18H30IN3O2. The molecule has 0 aliphatic carbocycles. The number of nitrogens with zero attached hydrogens (tertiary/aromatic N) is 2. The third-order valence-electron chi connectivity index (χ3n) is 4.30. The van der Waals surface area contributed by atoms with Crippen molar-refractivity contribution in [2.75, 3.05) is 47.5 Å². The van der Waals surface area contributed by atoms with E-state index in [0.29, 0.717) is 5.92 Å². The molecule has 0 bridgehead atoms. The molecular weight excluding hydrogens is 417 g/mol. The highest BCUT2D eigenvalue weighted by atomic mass is 127. The van der Waals surface area contributed by atoms with Crippen molar-refractivity contribution in [3.63, 3.8) is 0 Å². The Hall–Kier alpha value is -1.02. The van der Waals surface area contributed by atoms with Crippen molar-refractivity contribution in [3.8, 4) is 5.75 Å². The van der Waals surface area contributed by atoms with Gasteiger partial charge in [-0.15, -0.1) is 24.0 Å². The topological polar surface area (TPSA) is 46.1 Å². The summed E-state index contributed by atoms with van der Waals surface area (Å²) in [5, 5.41) is 3.44. The summed E-state index contributed by atoms with van der Waals surface area (Å²) in [6.07, 6.45) is 2.08. The van der Waals surface area contributed by atoms with Crippen LogP contribution in [0.2, 0.25) is 0 Å². The molecule has 6 heteroatoms. The molecule has 1 heterocycles. The van der Waals surface area contributed by atoms with Crippen LogP contribution < -0.4 is 10.1 Å². The fourth-order valence-electron chi connectivity index (χ4n) is 2.92. The molecule has 24 heavy (non-hydrogen) atoms. The van der Waals surface area contributed by atoms with Gasteiger partial charge in [-0.1, -0.05) is 12.1 Å². The summed E-state index contributed by atoms with van der Waals surface area (Å²) in [4.78, 5) is 6.56. The van der Waals surface area contributed by atoms with Crippen LogP contribution in [-0.2, 0) is 11.2 Å². The van der Waals surface area contributed by atoms with E-state index in [-0.39, 0.29) is 24.0 Å². The van der Waals surface area contributed by atoms with Gasteiger partial charge >= 0.3 is 0 Å². The number of hydrogen-bond acceptors (Lipinski definition) is 3. The molecule has 1 aliphatic rings. The monoisotopic (exact) mass is 447 g/mol. The van der Waals surface area contributed by atoms with Gasteiger partial charge in [-0.05, 0) is 37.0 Å². The van der Waals surface area contributed by atoms with E-state index in [2.05, 4.69) is 47.4 Å². The fourth-order valence-corrected chi connectivity index (χ4v) is 2.92. The van der Waals surface area contributed by atoms with Crippen LogP contribution in [0.1, 0.15) is 17.5 Å². The Balaban J connectivity index is 0.00000288. The minimum Gasteiger partial charge on any atom is -0.496 e. The maximum atomic E-state index is 5.44. The van der Waals surface area contributed by atoms with Crippen LogP contribution in [0.25, 0.3) is 0 Å². The van der Waals surface area contributed by atoms with Gasteiger partial charge in [0, 0.05) is 39.7 Å². The van der Waals surface area contributed by atoms with E-state index in [9.17, 15) is 0 Å². The molecule has 0 amide bonds. The second kappa shape index (κ2) is 10.8. The smallest absolute Gasteiger partial charge is 0.193 e. The molecule has 1 saturated heterocycles. The minimum atomic E-state index is 0. The number of halogens is 1. The van der Waals surface area contributed by atoms with E-state index in [1.54, 1.807) is 7.11 Å². The molecule has 0 saturated carbocycles. The molecule has 1 atom stereocenters. The third kappa shape index (κ3) is 6.12. The number of methoxy groups -OCH3 is 1.